The number of likely N-dealkylation sites (tertiary alicyclic amines) is 1. The minimum atomic E-state index is -0.0231. The summed E-state index contributed by atoms with van der Waals surface area (Å²) in [5, 5.41) is 8.53. The molecule has 2 aliphatic rings. The predicted octanol–water partition coefficient (Wildman–Crippen LogP) is 4.12. The van der Waals surface area contributed by atoms with Gasteiger partial charge in [0, 0.05) is 35.8 Å². The monoisotopic (exact) mass is 455 g/mol. The van der Waals surface area contributed by atoms with Gasteiger partial charge < -0.3 is 15.5 Å². The summed E-state index contributed by atoms with van der Waals surface area (Å²) in [4.78, 5) is 33.8. The number of aryl methyl sites for hydroxylation is 1. The summed E-state index contributed by atoms with van der Waals surface area (Å²) in [6.45, 7) is 5.99. The lowest BCUT2D eigenvalue weighted by Crippen LogP contribution is -2.41. The first-order valence-electron chi connectivity index (χ1n) is 11.7. The van der Waals surface area contributed by atoms with Gasteiger partial charge in [0.15, 0.2) is 5.13 Å². The Labute approximate surface area is 194 Å². The van der Waals surface area contributed by atoms with Crippen molar-refractivity contribution in [2.24, 2.45) is 5.92 Å². The van der Waals surface area contributed by atoms with Crippen LogP contribution in [0.2, 0.25) is 0 Å². The SMILES string of the molecule is Cc1csc(NC(=O)C2CCN(CC(=O)Nc3ccc(N4CCCCCC4)cc3)CC2)n1. The Hall–Kier alpha value is -2.45. The van der Waals surface area contributed by atoms with Gasteiger partial charge in [0.25, 0.3) is 0 Å². The third-order valence-electron chi connectivity index (χ3n) is 6.30. The lowest BCUT2D eigenvalue weighted by molar-refractivity contribution is -0.121. The van der Waals surface area contributed by atoms with E-state index >= 15 is 0 Å². The molecule has 2 aromatic rings. The number of nitrogens with one attached hydrogen (secondary N) is 2. The highest BCUT2D eigenvalue weighted by molar-refractivity contribution is 7.13. The number of aromatic nitrogens is 1. The maximum absolute atomic E-state index is 12.5. The van der Waals surface area contributed by atoms with Gasteiger partial charge in [-0.3, -0.25) is 14.5 Å². The lowest BCUT2D eigenvalue weighted by Gasteiger charge is -2.30. The first-order valence-corrected chi connectivity index (χ1v) is 12.5. The summed E-state index contributed by atoms with van der Waals surface area (Å²) in [5.41, 5.74) is 2.99. The average Bonchev–Trinajstić information content (AvgIpc) is 3.02. The van der Waals surface area contributed by atoms with Crippen molar-refractivity contribution in [2.45, 2.75) is 45.4 Å². The van der Waals surface area contributed by atoms with Crippen molar-refractivity contribution in [3.05, 3.63) is 35.3 Å². The molecule has 2 aliphatic heterocycles. The molecule has 8 heteroatoms. The minimum absolute atomic E-state index is 0.00585. The van der Waals surface area contributed by atoms with Gasteiger partial charge in [-0.1, -0.05) is 12.8 Å². The van der Waals surface area contributed by atoms with Gasteiger partial charge in [0.1, 0.15) is 0 Å². The lowest BCUT2D eigenvalue weighted by atomic mass is 9.96. The summed E-state index contributed by atoms with van der Waals surface area (Å²) in [5.74, 6) is 0.00619. The molecule has 1 aromatic carbocycles. The molecule has 2 fully saturated rings. The van der Waals surface area contributed by atoms with Gasteiger partial charge in [-0.2, -0.15) is 0 Å². The van der Waals surface area contributed by atoms with Crippen LogP contribution in [-0.2, 0) is 9.59 Å². The molecule has 0 saturated carbocycles. The average molecular weight is 456 g/mol. The molecule has 172 valence electrons. The van der Waals surface area contributed by atoms with Gasteiger partial charge in [0.2, 0.25) is 11.8 Å². The van der Waals surface area contributed by atoms with Crippen LogP contribution in [-0.4, -0.2) is 54.4 Å². The Morgan fingerprint density at radius 2 is 1.69 bits per heavy atom. The van der Waals surface area contributed by atoms with E-state index in [1.54, 1.807) is 0 Å². The number of piperidine rings is 1. The van der Waals surface area contributed by atoms with E-state index in [9.17, 15) is 9.59 Å². The van der Waals surface area contributed by atoms with Crippen LogP contribution < -0.4 is 15.5 Å². The summed E-state index contributed by atoms with van der Waals surface area (Å²) < 4.78 is 0. The predicted molar refractivity (Wildman–Crippen MR) is 130 cm³/mol. The van der Waals surface area contributed by atoms with Crippen molar-refractivity contribution in [1.82, 2.24) is 9.88 Å². The first kappa shape index (κ1) is 22.7. The molecule has 1 aromatic heterocycles. The van der Waals surface area contributed by atoms with Crippen LogP contribution in [0.25, 0.3) is 0 Å². The van der Waals surface area contributed by atoms with Crippen LogP contribution in [0.15, 0.2) is 29.6 Å². The van der Waals surface area contributed by atoms with E-state index in [4.69, 9.17) is 0 Å². The molecule has 0 radical (unpaired) electrons. The number of hydrogen-bond donors (Lipinski definition) is 2. The maximum Gasteiger partial charge on any atom is 0.238 e. The zero-order chi connectivity index (χ0) is 22.3. The van der Waals surface area contributed by atoms with Crippen LogP contribution in [0.1, 0.15) is 44.2 Å². The molecule has 2 saturated heterocycles. The van der Waals surface area contributed by atoms with Crippen LogP contribution in [0.4, 0.5) is 16.5 Å². The molecule has 0 bridgehead atoms. The fourth-order valence-electron chi connectivity index (χ4n) is 4.46. The fourth-order valence-corrected chi connectivity index (χ4v) is 5.15. The summed E-state index contributed by atoms with van der Waals surface area (Å²) in [6, 6.07) is 8.20. The second-order valence-corrected chi connectivity index (χ2v) is 9.69. The molecular weight excluding hydrogens is 422 g/mol. The number of benzene rings is 1. The van der Waals surface area contributed by atoms with Crippen LogP contribution in [0, 0.1) is 12.8 Å². The van der Waals surface area contributed by atoms with Gasteiger partial charge >= 0.3 is 0 Å². The molecule has 2 amide bonds. The van der Waals surface area contributed by atoms with Crippen LogP contribution in [0.5, 0.6) is 0 Å². The molecule has 0 unspecified atom stereocenters. The van der Waals surface area contributed by atoms with E-state index in [0.717, 1.165) is 50.4 Å². The Morgan fingerprint density at radius 1 is 1.00 bits per heavy atom. The zero-order valence-corrected chi connectivity index (χ0v) is 19.6. The molecule has 0 spiro atoms. The van der Waals surface area contributed by atoms with E-state index in [1.165, 1.54) is 42.7 Å². The number of rotatable bonds is 6. The molecule has 3 heterocycles. The van der Waals surface area contributed by atoms with Crippen molar-refractivity contribution >= 4 is 39.7 Å². The van der Waals surface area contributed by atoms with Crippen molar-refractivity contribution in [3.8, 4) is 0 Å². The topological polar surface area (TPSA) is 77.6 Å². The summed E-state index contributed by atoms with van der Waals surface area (Å²) >= 11 is 1.45. The van der Waals surface area contributed by atoms with Gasteiger partial charge in [-0.15, -0.1) is 11.3 Å². The number of thiazole rings is 1. The Morgan fingerprint density at radius 3 is 2.31 bits per heavy atom. The highest BCUT2D eigenvalue weighted by atomic mass is 32.1. The van der Waals surface area contributed by atoms with Gasteiger partial charge in [-0.25, -0.2) is 4.98 Å². The van der Waals surface area contributed by atoms with Crippen LogP contribution in [0.3, 0.4) is 0 Å². The van der Waals surface area contributed by atoms with Crippen molar-refractivity contribution in [3.63, 3.8) is 0 Å². The molecule has 2 N–H and O–H groups in total. The maximum atomic E-state index is 12.5. The zero-order valence-electron chi connectivity index (χ0n) is 18.8. The second-order valence-electron chi connectivity index (χ2n) is 8.83. The quantitative estimate of drug-likeness (QED) is 0.685. The van der Waals surface area contributed by atoms with Gasteiger partial charge in [0.05, 0.1) is 12.2 Å². The number of carbonyl (C=O) groups is 2. The number of amides is 2. The molecular formula is C24H33N5O2S. The minimum Gasteiger partial charge on any atom is -0.372 e. The first-order chi connectivity index (χ1) is 15.6. The smallest absolute Gasteiger partial charge is 0.238 e. The van der Waals surface area contributed by atoms with Crippen molar-refractivity contribution < 1.29 is 9.59 Å². The normalized spacial score (nSPS) is 18.2. The van der Waals surface area contributed by atoms with Crippen LogP contribution >= 0.6 is 11.3 Å². The number of carbonyl (C=O) groups excluding carboxylic acids is 2. The highest BCUT2D eigenvalue weighted by Crippen LogP contribution is 2.23. The highest BCUT2D eigenvalue weighted by Gasteiger charge is 2.26. The standard InChI is InChI=1S/C24H33N5O2S/c1-18-17-32-24(25-18)27-23(31)19-10-14-28(15-11-19)16-22(30)26-20-6-8-21(9-7-20)29-12-4-2-3-5-13-29/h6-9,17,19H,2-5,10-16H2,1H3,(H,26,30)(H,25,27,31). The third kappa shape index (κ3) is 6.29. The van der Waals surface area contributed by atoms with E-state index in [0.29, 0.717) is 11.7 Å². The summed E-state index contributed by atoms with van der Waals surface area (Å²) in [7, 11) is 0. The Kier molecular flexibility index (Phi) is 7.76. The molecule has 4 rings (SSSR count). The van der Waals surface area contributed by atoms with Gasteiger partial charge in [-0.05, 0) is 70.0 Å². The Bertz CT molecular complexity index is 897. The van der Waals surface area contributed by atoms with E-state index in [-0.39, 0.29) is 17.7 Å². The largest absolute Gasteiger partial charge is 0.372 e. The number of hydrogen-bond acceptors (Lipinski definition) is 6. The van der Waals surface area contributed by atoms with Crippen molar-refractivity contribution in [1.29, 1.82) is 0 Å². The Balaban J connectivity index is 1.20. The molecule has 32 heavy (non-hydrogen) atoms. The third-order valence-corrected chi connectivity index (χ3v) is 7.17. The molecule has 0 atom stereocenters. The van der Waals surface area contributed by atoms with Crippen molar-refractivity contribution in [2.75, 3.05) is 48.3 Å². The summed E-state index contributed by atoms with van der Waals surface area (Å²) in [6.07, 6.45) is 6.65. The van der Waals surface area contributed by atoms with E-state index in [1.807, 2.05) is 24.4 Å². The fraction of sp³-hybridized carbons (Fsp3) is 0.542. The number of nitrogens with zero attached hydrogens (tertiary/aromatic N) is 3. The van der Waals surface area contributed by atoms with E-state index < -0.39 is 0 Å². The molecule has 7 nitrogen and oxygen atoms in total. The second kappa shape index (κ2) is 10.9. The van der Waals surface area contributed by atoms with E-state index in [2.05, 4.69) is 37.6 Å². The molecule has 0 aliphatic carbocycles. The number of anilines is 3.